The van der Waals surface area contributed by atoms with Crippen LogP contribution in [0.5, 0.6) is 0 Å². The van der Waals surface area contributed by atoms with Crippen molar-refractivity contribution >= 4 is 23.5 Å². The number of ether oxygens (including phenoxy) is 2. The first-order valence-electron chi connectivity index (χ1n) is 13.2. The van der Waals surface area contributed by atoms with Crippen LogP contribution in [0.1, 0.15) is 38.3 Å². The summed E-state index contributed by atoms with van der Waals surface area (Å²) in [4.78, 5) is 45.5. The maximum atomic E-state index is 14.6. The number of hydrogen-bond donors (Lipinski definition) is 1. The number of rotatable bonds is 5. The average Bonchev–Trinajstić information content (AvgIpc) is 3.13. The van der Waals surface area contributed by atoms with Gasteiger partial charge in [0.05, 0.1) is 18.6 Å². The topological polar surface area (TPSA) is 96.4 Å². The van der Waals surface area contributed by atoms with Crippen molar-refractivity contribution in [2.24, 2.45) is 17.8 Å². The second-order valence-electron chi connectivity index (χ2n) is 11.0. The zero-order valence-corrected chi connectivity index (χ0v) is 22.1. The number of para-hydroxylation sites is 1. The number of aliphatic hydroxyl groups excluding tert-OH is 1. The van der Waals surface area contributed by atoms with Crippen molar-refractivity contribution in [2.75, 3.05) is 24.7 Å². The van der Waals surface area contributed by atoms with Crippen LogP contribution >= 0.6 is 0 Å². The molecule has 1 N–H and O–H groups in total. The Morgan fingerprint density at radius 2 is 1.76 bits per heavy atom. The van der Waals surface area contributed by atoms with Crippen LogP contribution in [0.4, 0.5) is 5.69 Å². The van der Waals surface area contributed by atoms with Gasteiger partial charge in [-0.05, 0) is 43.4 Å². The fourth-order valence-electron chi connectivity index (χ4n) is 6.94. The largest absolute Gasteiger partial charge is 0.461 e. The van der Waals surface area contributed by atoms with E-state index < -0.39 is 41.1 Å². The lowest BCUT2D eigenvalue weighted by Gasteiger charge is -2.41. The molecule has 4 aliphatic heterocycles. The lowest BCUT2D eigenvalue weighted by atomic mass is 9.73. The Labute approximate surface area is 217 Å². The number of anilines is 1. The van der Waals surface area contributed by atoms with E-state index in [1.54, 1.807) is 11.0 Å². The summed E-state index contributed by atoms with van der Waals surface area (Å²) in [6, 6.07) is 4.21. The van der Waals surface area contributed by atoms with Gasteiger partial charge in [-0.3, -0.25) is 14.4 Å². The van der Waals surface area contributed by atoms with E-state index in [1.807, 2.05) is 71.0 Å². The molecule has 0 aliphatic carbocycles. The monoisotopic (exact) mass is 508 g/mol. The van der Waals surface area contributed by atoms with E-state index in [1.165, 1.54) is 4.90 Å². The Kier molecular flexibility index (Phi) is 6.31. The van der Waals surface area contributed by atoms with Crippen molar-refractivity contribution in [3.63, 3.8) is 0 Å². The van der Waals surface area contributed by atoms with Crippen LogP contribution in [0.2, 0.25) is 0 Å². The highest BCUT2D eigenvalue weighted by molar-refractivity contribution is 6.06. The summed E-state index contributed by atoms with van der Waals surface area (Å²) >= 11 is 0. The number of hydrogen-bond acceptors (Lipinski definition) is 6. The van der Waals surface area contributed by atoms with Crippen molar-refractivity contribution in [2.45, 2.75) is 64.3 Å². The standard InChI is InChI=1S/C29H36N2O6/c1-6-28-12-9-15-36-27(35)22(28)21-25(33)31(20(16-32)17(2)3)24-26(34)30(14-8-13-29(21,24)37-28)23-18(4)10-7-11-19(23)5/h7-13,17,20-22,24,32H,6,14-16H2,1-5H3/t20-,21-,22-,24?,28+,29-/m0/s1. The molecule has 1 aromatic carbocycles. The predicted octanol–water partition coefficient (Wildman–Crippen LogP) is 2.70. The Morgan fingerprint density at radius 1 is 1.05 bits per heavy atom. The summed E-state index contributed by atoms with van der Waals surface area (Å²) in [5, 5.41) is 10.4. The number of esters is 1. The molecule has 1 unspecified atom stereocenters. The van der Waals surface area contributed by atoms with Gasteiger partial charge in [-0.25, -0.2) is 0 Å². The first kappa shape index (κ1) is 25.7. The van der Waals surface area contributed by atoms with E-state index in [0.717, 1.165) is 16.8 Å². The predicted molar refractivity (Wildman–Crippen MR) is 138 cm³/mol. The molecule has 0 aromatic heterocycles. The van der Waals surface area contributed by atoms with Gasteiger partial charge in [0.25, 0.3) is 5.91 Å². The normalized spacial score (nSPS) is 33.7. The Balaban J connectivity index is 1.73. The van der Waals surface area contributed by atoms with E-state index in [2.05, 4.69) is 0 Å². The van der Waals surface area contributed by atoms with Gasteiger partial charge in [0, 0.05) is 12.2 Å². The van der Waals surface area contributed by atoms with Crippen molar-refractivity contribution in [3.8, 4) is 0 Å². The lowest BCUT2D eigenvalue weighted by molar-refractivity contribution is -0.159. The number of cyclic esters (lactones) is 1. The third-order valence-electron chi connectivity index (χ3n) is 8.66. The Bertz CT molecular complexity index is 1170. The quantitative estimate of drug-likeness (QED) is 0.485. The maximum absolute atomic E-state index is 14.6. The first-order chi connectivity index (χ1) is 17.6. The van der Waals surface area contributed by atoms with E-state index in [9.17, 15) is 19.5 Å². The van der Waals surface area contributed by atoms with Gasteiger partial charge in [0.15, 0.2) is 0 Å². The van der Waals surface area contributed by atoms with Gasteiger partial charge in [-0.2, -0.15) is 0 Å². The smallest absolute Gasteiger partial charge is 0.313 e. The molecule has 1 spiro atoms. The highest BCUT2D eigenvalue weighted by atomic mass is 16.6. The van der Waals surface area contributed by atoms with Crippen LogP contribution in [0.15, 0.2) is 42.5 Å². The molecule has 4 heterocycles. The molecule has 2 saturated heterocycles. The minimum atomic E-state index is -1.37. The number of amides is 2. The van der Waals surface area contributed by atoms with E-state index in [4.69, 9.17) is 9.47 Å². The molecule has 0 radical (unpaired) electrons. The fourth-order valence-corrected chi connectivity index (χ4v) is 6.94. The minimum absolute atomic E-state index is 0.113. The van der Waals surface area contributed by atoms with Gasteiger partial charge >= 0.3 is 5.97 Å². The van der Waals surface area contributed by atoms with Gasteiger partial charge < -0.3 is 24.4 Å². The molecule has 0 bridgehead atoms. The number of likely N-dealkylation sites (tertiary alicyclic amines) is 1. The summed E-state index contributed by atoms with van der Waals surface area (Å²) in [7, 11) is 0. The second kappa shape index (κ2) is 9.10. The number of aliphatic hydroxyl groups is 1. The third kappa shape index (κ3) is 3.52. The molecule has 1 aromatic rings. The number of aryl methyl sites for hydroxylation is 2. The average molecular weight is 509 g/mol. The van der Waals surface area contributed by atoms with Crippen LogP contribution in [-0.2, 0) is 23.9 Å². The van der Waals surface area contributed by atoms with Gasteiger partial charge in [0.1, 0.15) is 29.8 Å². The number of carbonyl (C=O) groups is 3. The van der Waals surface area contributed by atoms with E-state index in [0.29, 0.717) is 13.0 Å². The molecule has 8 nitrogen and oxygen atoms in total. The first-order valence-corrected chi connectivity index (χ1v) is 13.2. The summed E-state index contributed by atoms with van der Waals surface area (Å²) in [6.45, 7) is 9.77. The summed E-state index contributed by atoms with van der Waals surface area (Å²) in [5.41, 5.74) is 0.252. The molecular formula is C29H36N2O6. The number of fused-ring (bicyclic) bond motifs is 2. The third-order valence-corrected chi connectivity index (χ3v) is 8.66. The molecule has 6 atom stereocenters. The van der Waals surface area contributed by atoms with Crippen molar-refractivity contribution in [3.05, 3.63) is 53.6 Å². The Hall–Kier alpha value is -2.97. The van der Waals surface area contributed by atoms with Crippen LogP contribution < -0.4 is 4.90 Å². The van der Waals surface area contributed by atoms with Crippen molar-refractivity contribution in [1.29, 1.82) is 0 Å². The maximum Gasteiger partial charge on any atom is 0.313 e. The van der Waals surface area contributed by atoms with E-state index in [-0.39, 0.29) is 30.9 Å². The van der Waals surface area contributed by atoms with Crippen molar-refractivity contribution < 1.29 is 29.0 Å². The lowest BCUT2D eigenvalue weighted by Crippen LogP contribution is -2.60. The van der Waals surface area contributed by atoms with Crippen molar-refractivity contribution in [1.82, 2.24) is 4.90 Å². The zero-order valence-electron chi connectivity index (χ0n) is 22.1. The molecule has 4 aliphatic rings. The van der Waals surface area contributed by atoms with Crippen LogP contribution in [-0.4, -0.2) is 70.8 Å². The highest BCUT2D eigenvalue weighted by Gasteiger charge is 2.76. The SMILES string of the molecule is CC[C@@]12C=CCOC(=O)[C@@H]1[C@H]1C(=O)N([C@@H](CO)C(C)C)C3C(=O)N(c4c(C)cccc4C)CC=C[C@@]31O2. The molecule has 0 saturated carbocycles. The molecule has 5 rings (SSSR count). The Morgan fingerprint density at radius 3 is 2.38 bits per heavy atom. The van der Waals surface area contributed by atoms with Crippen LogP contribution in [0.3, 0.4) is 0 Å². The number of nitrogens with zero attached hydrogens (tertiary/aromatic N) is 2. The fraction of sp³-hybridized carbons (Fsp3) is 0.552. The minimum Gasteiger partial charge on any atom is -0.461 e. The van der Waals surface area contributed by atoms with Gasteiger partial charge in [-0.15, -0.1) is 0 Å². The number of benzene rings is 1. The van der Waals surface area contributed by atoms with Gasteiger partial charge in [-0.1, -0.05) is 57.2 Å². The number of carbonyl (C=O) groups excluding carboxylic acids is 3. The molecule has 37 heavy (non-hydrogen) atoms. The molecule has 2 fully saturated rings. The van der Waals surface area contributed by atoms with Crippen LogP contribution in [0, 0.1) is 31.6 Å². The molecule has 8 heteroatoms. The van der Waals surface area contributed by atoms with Crippen LogP contribution in [0.25, 0.3) is 0 Å². The van der Waals surface area contributed by atoms with Gasteiger partial charge in [0.2, 0.25) is 5.91 Å². The molecular weight excluding hydrogens is 472 g/mol. The molecule has 198 valence electrons. The summed E-state index contributed by atoms with van der Waals surface area (Å²) in [5.74, 6) is -3.10. The highest BCUT2D eigenvalue weighted by Crippen LogP contribution is 2.59. The van der Waals surface area contributed by atoms with E-state index >= 15 is 0 Å². The second-order valence-corrected chi connectivity index (χ2v) is 11.0. The summed E-state index contributed by atoms with van der Waals surface area (Å²) in [6.07, 6.45) is 7.74. The molecule has 2 amide bonds. The summed E-state index contributed by atoms with van der Waals surface area (Å²) < 4.78 is 12.4. The zero-order chi connectivity index (χ0) is 26.7.